The van der Waals surface area contributed by atoms with Gasteiger partial charge in [0, 0.05) is 6.20 Å². The van der Waals surface area contributed by atoms with Crippen LogP contribution in [0.1, 0.15) is 23.0 Å². The molecule has 2 heterocycles. The maximum absolute atomic E-state index is 12.0. The minimum absolute atomic E-state index is 0.241. The second-order valence-electron chi connectivity index (χ2n) is 3.63. The number of hydrogen-bond acceptors (Lipinski definition) is 4. The van der Waals surface area contributed by atoms with Gasteiger partial charge in [-0.1, -0.05) is 0 Å². The van der Waals surface area contributed by atoms with Crippen molar-refractivity contribution in [2.24, 2.45) is 0 Å². The number of aromatic nitrogens is 1. The molecule has 0 aromatic carbocycles. The molecule has 0 saturated carbocycles. The Kier molecular flexibility index (Phi) is 3.62. The highest BCUT2D eigenvalue weighted by molar-refractivity contribution is 6.05. The van der Waals surface area contributed by atoms with Gasteiger partial charge in [-0.15, -0.1) is 0 Å². The largest absolute Gasteiger partial charge is 0.476 e. The number of furan rings is 1. The normalized spacial score (nSPS) is 10.1. The summed E-state index contributed by atoms with van der Waals surface area (Å²) in [5.41, 5.74) is 1.05. The summed E-state index contributed by atoms with van der Waals surface area (Å²) >= 11 is 0. The second kappa shape index (κ2) is 5.35. The lowest BCUT2D eigenvalue weighted by Gasteiger charge is -2.09. The van der Waals surface area contributed by atoms with Gasteiger partial charge in [0.1, 0.15) is 11.4 Å². The third kappa shape index (κ3) is 2.51. The number of rotatable bonds is 4. The molecule has 0 saturated heterocycles. The number of nitrogens with one attached hydrogen (secondary N) is 1. The van der Waals surface area contributed by atoms with Crippen LogP contribution < -0.4 is 10.1 Å². The van der Waals surface area contributed by atoms with Crippen LogP contribution in [0.25, 0.3) is 0 Å². The quantitative estimate of drug-likeness (QED) is 0.900. The van der Waals surface area contributed by atoms with Crippen molar-refractivity contribution >= 4 is 11.6 Å². The predicted octanol–water partition coefficient (Wildman–Crippen LogP) is 2.63. The summed E-state index contributed by atoms with van der Waals surface area (Å²) in [6.07, 6.45) is 3.10. The molecule has 18 heavy (non-hydrogen) atoms. The molecule has 2 aromatic rings. The summed E-state index contributed by atoms with van der Waals surface area (Å²) in [6, 6.07) is 5.10. The van der Waals surface area contributed by atoms with Crippen molar-refractivity contribution < 1.29 is 13.9 Å². The van der Waals surface area contributed by atoms with Crippen LogP contribution >= 0.6 is 0 Å². The lowest BCUT2D eigenvalue weighted by Crippen LogP contribution is -2.13. The highest BCUT2D eigenvalue weighted by Crippen LogP contribution is 2.21. The molecular weight excluding hydrogens is 232 g/mol. The molecule has 5 heteroatoms. The monoisotopic (exact) mass is 246 g/mol. The number of aryl methyl sites for hydroxylation is 1. The Morgan fingerprint density at radius 2 is 2.33 bits per heavy atom. The highest BCUT2D eigenvalue weighted by Gasteiger charge is 2.14. The molecule has 1 amide bonds. The van der Waals surface area contributed by atoms with Gasteiger partial charge in [0.2, 0.25) is 5.88 Å². The number of carbonyl (C=O) groups is 1. The molecule has 2 aromatic heterocycles. The second-order valence-corrected chi connectivity index (χ2v) is 3.63. The molecule has 0 unspecified atom stereocenters. The summed E-state index contributed by atoms with van der Waals surface area (Å²) in [5.74, 6) is 0.749. The van der Waals surface area contributed by atoms with E-state index in [1.54, 1.807) is 31.3 Å². The van der Waals surface area contributed by atoms with Crippen molar-refractivity contribution in [1.82, 2.24) is 4.98 Å². The van der Waals surface area contributed by atoms with Crippen molar-refractivity contribution in [2.45, 2.75) is 13.8 Å². The average molecular weight is 246 g/mol. The summed E-state index contributed by atoms with van der Waals surface area (Å²) < 4.78 is 10.4. The zero-order chi connectivity index (χ0) is 13.0. The Labute approximate surface area is 105 Å². The maximum atomic E-state index is 12.0. The molecule has 0 bridgehead atoms. The SMILES string of the molecule is CCOc1ncccc1NC(=O)c1ccoc1C. The molecule has 5 nitrogen and oxygen atoms in total. The first-order valence-corrected chi connectivity index (χ1v) is 5.65. The van der Waals surface area contributed by atoms with Crippen LogP contribution in [0.3, 0.4) is 0 Å². The molecule has 0 fully saturated rings. The van der Waals surface area contributed by atoms with E-state index in [0.29, 0.717) is 29.5 Å². The number of carbonyl (C=O) groups excluding carboxylic acids is 1. The minimum Gasteiger partial charge on any atom is -0.476 e. The van der Waals surface area contributed by atoms with Gasteiger partial charge < -0.3 is 14.5 Å². The van der Waals surface area contributed by atoms with Gasteiger partial charge in [-0.3, -0.25) is 4.79 Å². The Bertz CT molecular complexity index is 549. The number of amides is 1. The molecule has 0 aliphatic carbocycles. The van der Waals surface area contributed by atoms with Crippen LogP contribution in [0.4, 0.5) is 5.69 Å². The summed E-state index contributed by atoms with van der Waals surface area (Å²) in [7, 11) is 0. The van der Waals surface area contributed by atoms with Gasteiger partial charge in [0.25, 0.3) is 5.91 Å². The van der Waals surface area contributed by atoms with E-state index in [0.717, 1.165) is 0 Å². The van der Waals surface area contributed by atoms with Crippen LogP contribution in [0, 0.1) is 6.92 Å². The van der Waals surface area contributed by atoms with Gasteiger partial charge in [-0.05, 0) is 32.0 Å². The van der Waals surface area contributed by atoms with E-state index in [-0.39, 0.29) is 5.91 Å². The maximum Gasteiger partial charge on any atom is 0.259 e. The van der Waals surface area contributed by atoms with Crippen molar-refractivity contribution in [3.05, 3.63) is 42.0 Å². The fourth-order valence-corrected chi connectivity index (χ4v) is 1.55. The fraction of sp³-hybridized carbons (Fsp3) is 0.231. The Balaban J connectivity index is 2.19. The lowest BCUT2D eigenvalue weighted by molar-refractivity contribution is 0.102. The van der Waals surface area contributed by atoms with Gasteiger partial charge in [-0.25, -0.2) is 4.98 Å². The van der Waals surface area contributed by atoms with Crippen LogP contribution in [0.5, 0.6) is 5.88 Å². The van der Waals surface area contributed by atoms with Crippen molar-refractivity contribution in [2.75, 3.05) is 11.9 Å². The van der Waals surface area contributed by atoms with E-state index in [2.05, 4.69) is 10.3 Å². The Morgan fingerprint density at radius 3 is 3.00 bits per heavy atom. The number of nitrogens with zero attached hydrogens (tertiary/aromatic N) is 1. The van der Waals surface area contributed by atoms with E-state index >= 15 is 0 Å². The molecule has 2 rings (SSSR count). The number of anilines is 1. The average Bonchev–Trinajstić information content (AvgIpc) is 2.78. The van der Waals surface area contributed by atoms with Gasteiger partial charge in [0.05, 0.1) is 18.4 Å². The topological polar surface area (TPSA) is 64.4 Å². The van der Waals surface area contributed by atoms with Gasteiger partial charge >= 0.3 is 0 Å². The lowest BCUT2D eigenvalue weighted by atomic mass is 10.2. The first kappa shape index (κ1) is 12.2. The molecule has 94 valence electrons. The molecule has 1 N–H and O–H groups in total. The standard InChI is InChI=1S/C13H14N2O3/c1-3-17-13-11(5-4-7-14-13)15-12(16)10-6-8-18-9(10)2/h4-8H,3H2,1-2H3,(H,15,16). The zero-order valence-electron chi connectivity index (χ0n) is 10.3. The molecule has 0 aliphatic rings. The van der Waals surface area contributed by atoms with E-state index < -0.39 is 0 Å². The predicted molar refractivity (Wildman–Crippen MR) is 66.8 cm³/mol. The van der Waals surface area contributed by atoms with Crippen LogP contribution in [-0.4, -0.2) is 17.5 Å². The third-order valence-corrected chi connectivity index (χ3v) is 2.40. The van der Waals surface area contributed by atoms with E-state index in [9.17, 15) is 4.79 Å². The van der Waals surface area contributed by atoms with Crippen molar-refractivity contribution in [3.8, 4) is 5.88 Å². The highest BCUT2D eigenvalue weighted by atomic mass is 16.5. The van der Waals surface area contributed by atoms with Crippen LogP contribution in [0.2, 0.25) is 0 Å². The van der Waals surface area contributed by atoms with Crippen LogP contribution in [-0.2, 0) is 0 Å². The van der Waals surface area contributed by atoms with Gasteiger partial charge in [-0.2, -0.15) is 0 Å². The summed E-state index contributed by atoms with van der Waals surface area (Å²) in [5, 5.41) is 2.75. The summed E-state index contributed by atoms with van der Waals surface area (Å²) in [6.45, 7) is 4.09. The molecular formula is C13H14N2O3. The van der Waals surface area contributed by atoms with Gasteiger partial charge in [0.15, 0.2) is 0 Å². The number of hydrogen-bond donors (Lipinski definition) is 1. The fourth-order valence-electron chi connectivity index (χ4n) is 1.55. The smallest absolute Gasteiger partial charge is 0.259 e. The van der Waals surface area contributed by atoms with E-state index in [4.69, 9.17) is 9.15 Å². The van der Waals surface area contributed by atoms with Crippen LogP contribution in [0.15, 0.2) is 35.1 Å². The first-order valence-electron chi connectivity index (χ1n) is 5.65. The molecule has 0 atom stereocenters. The third-order valence-electron chi connectivity index (χ3n) is 2.40. The molecule has 0 spiro atoms. The summed E-state index contributed by atoms with van der Waals surface area (Å²) in [4.78, 5) is 16.1. The minimum atomic E-state index is -0.241. The molecule has 0 aliphatic heterocycles. The Hall–Kier alpha value is -2.30. The van der Waals surface area contributed by atoms with E-state index in [1.807, 2.05) is 6.92 Å². The number of pyridine rings is 1. The first-order chi connectivity index (χ1) is 8.72. The zero-order valence-corrected chi connectivity index (χ0v) is 10.3. The number of ether oxygens (including phenoxy) is 1. The van der Waals surface area contributed by atoms with Crippen molar-refractivity contribution in [3.63, 3.8) is 0 Å². The molecule has 0 radical (unpaired) electrons. The Morgan fingerprint density at radius 1 is 1.50 bits per heavy atom. The van der Waals surface area contributed by atoms with E-state index in [1.165, 1.54) is 6.26 Å². The van der Waals surface area contributed by atoms with Crippen molar-refractivity contribution in [1.29, 1.82) is 0 Å².